The van der Waals surface area contributed by atoms with E-state index in [1.807, 2.05) is 12.1 Å². The van der Waals surface area contributed by atoms with Gasteiger partial charge in [0.1, 0.15) is 0 Å². The molecule has 0 amide bonds. The van der Waals surface area contributed by atoms with Crippen LogP contribution < -0.4 is 5.32 Å². The Kier molecular flexibility index (Phi) is 4.33. The van der Waals surface area contributed by atoms with Gasteiger partial charge in [-0.3, -0.25) is 0 Å². The Bertz CT molecular complexity index is 594. The number of piperidine rings is 1. The summed E-state index contributed by atoms with van der Waals surface area (Å²) in [5.41, 5.74) is 0.933. The van der Waals surface area contributed by atoms with E-state index < -0.39 is 9.84 Å². The number of nitrogens with one attached hydrogen (secondary N) is 1. The first kappa shape index (κ1) is 15.0. The van der Waals surface area contributed by atoms with Crippen molar-refractivity contribution in [2.45, 2.75) is 43.2 Å². The van der Waals surface area contributed by atoms with Crippen molar-refractivity contribution in [3.63, 3.8) is 0 Å². The van der Waals surface area contributed by atoms with Crippen LogP contribution >= 0.6 is 0 Å². The molecule has 2 heterocycles. The minimum absolute atomic E-state index is 0.0639. The Morgan fingerprint density at radius 3 is 2.71 bits per heavy atom. The third-order valence-electron chi connectivity index (χ3n) is 4.48. The molecule has 0 aromatic heterocycles. The molecule has 4 nitrogen and oxygen atoms in total. The Morgan fingerprint density at radius 2 is 1.95 bits per heavy atom. The molecular weight excluding hydrogens is 284 g/mol. The van der Waals surface area contributed by atoms with Crippen molar-refractivity contribution < 1.29 is 8.42 Å². The van der Waals surface area contributed by atoms with E-state index in [1.54, 1.807) is 12.1 Å². The van der Waals surface area contributed by atoms with Crippen LogP contribution in [0.3, 0.4) is 0 Å². The zero-order valence-electron chi connectivity index (χ0n) is 12.6. The van der Waals surface area contributed by atoms with E-state index >= 15 is 0 Å². The molecule has 1 N–H and O–H groups in total. The molecule has 21 heavy (non-hydrogen) atoms. The van der Waals surface area contributed by atoms with Gasteiger partial charge < -0.3 is 10.2 Å². The molecule has 0 radical (unpaired) electrons. The van der Waals surface area contributed by atoms with Gasteiger partial charge in [0.05, 0.1) is 10.6 Å². The highest BCUT2D eigenvalue weighted by molar-refractivity contribution is 7.91. The molecule has 2 atom stereocenters. The van der Waals surface area contributed by atoms with Crippen LogP contribution in [0.15, 0.2) is 29.2 Å². The van der Waals surface area contributed by atoms with Gasteiger partial charge >= 0.3 is 0 Å². The summed E-state index contributed by atoms with van der Waals surface area (Å²) in [5, 5.41) is 3.52. The SMILES string of the molecule is CC(CN1CCCCC1)NC1CS(=O)(=O)c2ccccc21. The zero-order chi connectivity index (χ0) is 14.9. The normalized spacial score (nSPS) is 26.4. The molecule has 5 heteroatoms. The minimum Gasteiger partial charge on any atom is -0.305 e. The van der Waals surface area contributed by atoms with Crippen molar-refractivity contribution in [3.8, 4) is 0 Å². The number of nitrogens with zero attached hydrogens (tertiary/aromatic N) is 1. The molecule has 2 aliphatic rings. The zero-order valence-corrected chi connectivity index (χ0v) is 13.4. The van der Waals surface area contributed by atoms with E-state index in [1.165, 1.54) is 32.4 Å². The van der Waals surface area contributed by atoms with Crippen LogP contribution in [-0.4, -0.2) is 44.7 Å². The maximum absolute atomic E-state index is 12.2. The smallest absolute Gasteiger partial charge is 0.180 e. The van der Waals surface area contributed by atoms with Gasteiger partial charge in [0.2, 0.25) is 0 Å². The van der Waals surface area contributed by atoms with Crippen LogP contribution in [-0.2, 0) is 9.84 Å². The Balaban J connectivity index is 1.65. The lowest BCUT2D eigenvalue weighted by Crippen LogP contribution is -2.43. The van der Waals surface area contributed by atoms with Gasteiger partial charge in [-0.05, 0) is 44.5 Å². The van der Waals surface area contributed by atoms with E-state index in [9.17, 15) is 8.42 Å². The van der Waals surface area contributed by atoms with Crippen molar-refractivity contribution in [3.05, 3.63) is 29.8 Å². The van der Waals surface area contributed by atoms with Crippen molar-refractivity contribution in [1.29, 1.82) is 0 Å². The summed E-state index contributed by atoms with van der Waals surface area (Å²) in [7, 11) is -3.11. The first-order valence-corrected chi connectivity index (χ1v) is 9.51. The average molecular weight is 308 g/mol. The highest BCUT2D eigenvalue weighted by Gasteiger charge is 2.34. The van der Waals surface area contributed by atoms with Crippen LogP contribution in [0.5, 0.6) is 0 Å². The predicted octanol–water partition coefficient (Wildman–Crippen LogP) is 1.98. The van der Waals surface area contributed by atoms with Gasteiger partial charge in [-0.15, -0.1) is 0 Å². The summed E-state index contributed by atoms with van der Waals surface area (Å²) in [4.78, 5) is 2.99. The molecule has 0 bridgehead atoms. The standard InChI is InChI=1S/C16H24N2O2S/c1-13(11-18-9-5-2-6-10-18)17-15-12-21(19,20)16-8-4-3-7-14(15)16/h3-4,7-8,13,15,17H,2,5-6,9-12H2,1H3. The van der Waals surface area contributed by atoms with Gasteiger partial charge in [-0.2, -0.15) is 0 Å². The molecule has 1 fully saturated rings. The number of likely N-dealkylation sites (tertiary alicyclic amines) is 1. The fraction of sp³-hybridized carbons (Fsp3) is 0.625. The van der Waals surface area contributed by atoms with Gasteiger partial charge in [-0.1, -0.05) is 24.6 Å². The Hall–Kier alpha value is -0.910. The third-order valence-corrected chi connectivity index (χ3v) is 6.30. The van der Waals surface area contributed by atoms with Crippen LogP contribution in [0.25, 0.3) is 0 Å². The molecule has 2 aliphatic heterocycles. The van der Waals surface area contributed by atoms with Crippen molar-refractivity contribution in [1.82, 2.24) is 10.2 Å². The van der Waals surface area contributed by atoms with E-state index in [2.05, 4.69) is 17.1 Å². The van der Waals surface area contributed by atoms with E-state index in [0.717, 1.165) is 12.1 Å². The second-order valence-corrected chi connectivity index (χ2v) is 8.30. The van der Waals surface area contributed by atoms with Gasteiger partial charge in [0.15, 0.2) is 9.84 Å². The molecule has 116 valence electrons. The lowest BCUT2D eigenvalue weighted by Gasteiger charge is -2.30. The third kappa shape index (κ3) is 3.30. The highest BCUT2D eigenvalue weighted by atomic mass is 32.2. The van der Waals surface area contributed by atoms with E-state index in [0.29, 0.717) is 10.9 Å². The monoisotopic (exact) mass is 308 g/mol. The maximum atomic E-state index is 12.2. The summed E-state index contributed by atoms with van der Waals surface area (Å²) < 4.78 is 24.4. The van der Waals surface area contributed by atoms with Gasteiger partial charge in [-0.25, -0.2) is 8.42 Å². The van der Waals surface area contributed by atoms with Crippen molar-refractivity contribution in [2.75, 3.05) is 25.4 Å². The summed E-state index contributed by atoms with van der Waals surface area (Å²) >= 11 is 0. The number of hydrogen-bond acceptors (Lipinski definition) is 4. The fourth-order valence-electron chi connectivity index (χ4n) is 3.51. The number of benzene rings is 1. The molecular formula is C16H24N2O2S. The average Bonchev–Trinajstić information content (AvgIpc) is 2.72. The number of sulfone groups is 1. The molecule has 3 rings (SSSR count). The van der Waals surface area contributed by atoms with Crippen molar-refractivity contribution >= 4 is 9.84 Å². The second kappa shape index (κ2) is 6.07. The molecule has 1 saturated heterocycles. The lowest BCUT2D eigenvalue weighted by molar-refractivity contribution is 0.205. The minimum atomic E-state index is -3.11. The Labute approximate surface area is 127 Å². The lowest BCUT2D eigenvalue weighted by atomic mass is 10.1. The van der Waals surface area contributed by atoms with Crippen LogP contribution in [0.1, 0.15) is 37.8 Å². The summed E-state index contributed by atoms with van der Waals surface area (Å²) in [6, 6.07) is 7.62. The van der Waals surface area contributed by atoms with E-state index in [4.69, 9.17) is 0 Å². The first-order valence-electron chi connectivity index (χ1n) is 7.86. The van der Waals surface area contributed by atoms with Crippen LogP contribution in [0.4, 0.5) is 0 Å². The van der Waals surface area contributed by atoms with Crippen LogP contribution in [0, 0.1) is 0 Å². The molecule has 0 spiro atoms. The summed E-state index contributed by atoms with van der Waals surface area (Å²) in [5.74, 6) is 0.191. The van der Waals surface area contributed by atoms with E-state index in [-0.39, 0.29) is 11.8 Å². The van der Waals surface area contributed by atoms with Crippen molar-refractivity contribution in [2.24, 2.45) is 0 Å². The van der Waals surface area contributed by atoms with Gasteiger partial charge in [0.25, 0.3) is 0 Å². The Morgan fingerprint density at radius 1 is 1.24 bits per heavy atom. The fourth-order valence-corrected chi connectivity index (χ4v) is 5.26. The molecule has 1 aromatic carbocycles. The summed E-state index contributed by atoms with van der Waals surface area (Å²) in [6.07, 6.45) is 3.91. The molecule has 1 aromatic rings. The van der Waals surface area contributed by atoms with Crippen LogP contribution in [0.2, 0.25) is 0 Å². The quantitative estimate of drug-likeness (QED) is 0.924. The number of fused-ring (bicyclic) bond motifs is 1. The molecule has 0 saturated carbocycles. The summed E-state index contributed by atoms with van der Waals surface area (Å²) in [6.45, 7) is 5.50. The highest BCUT2D eigenvalue weighted by Crippen LogP contribution is 2.33. The molecule has 0 aliphatic carbocycles. The largest absolute Gasteiger partial charge is 0.305 e. The van der Waals surface area contributed by atoms with Gasteiger partial charge in [0, 0.05) is 18.6 Å². The molecule has 2 unspecified atom stereocenters. The number of hydrogen-bond donors (Lipinski definition) is 1. The number of rotatable bonds is 4. The maximum Gasteiger partial charge on any atom is 0.180 e. The first-order chi connectivity index (χ1) is 10.1. The topological polar surface area (TPSA) is 49.4 Å². The second-order valence-electron chi connectivity index (χ2n) is 6.30. The predicted molar refractivity (Wildman–Crippen MR) is 84.1 cm³/mol.